The van der Waals surface area contributed by atoms with E-state index in [0.29, 0.717) is 21.7 Å². The smallest absolute Gasteiger partial charge is 0.219 e. The van der Waals surface area contributed by atoms with Crippen LogP contribution in [0.5, 0.6) is 11.6 Å². The lowest BCUT2D eigenvalue weighted by Crippen LogP contribution is -1.91. The number of nitrogens with zero attached hydrogens (tertiary/aromatic N) is 1. The summed E-state index contributed by atoms with van der Waals surface area (Å²) < 4.78 is 19.1. The molecule has 0 aliphatic carbocycles. The highest BCUT2D eigenvalue weighted by atomic mass is 79.9. The lowest BCUT2D eigenvalue weighted by molar-refractivity contribution is 0.281. The zero-order valence-corrected chi connectivity index (χ0v) is 10.3. The van der Waals surface area contributed by atoms with E-state index in [-0.39, 0.29) is 12.4 Å². The summed E-state index contributed by atoms with van der Waals surface area (Å²) in [6, 6.07) is 7.47. The Balaban J connectivity index is 2.22. The molecule has 17 heavy (non-hydrogen) atoms. The van der Waals surface area contributed by atoms with Gasteiger partial charge in [-0.3, -0.25) is 0 Å². The van der Waals surface area contributed by atoms with Gasteiger partial charge in [-0.25, -0.2) is 9.37 Å². The van der Waals surface area contributed by atoms with Crippen molar-refractivity contribution in [3.8, 4) is 11.6 Å². The number of pyridine rings is 1. The summed E-state index contributed by atoms with van der Waals surface area (Å²) in [6.45, 7) is -0.0725. The molecule has 3 nitrogen and oxygen atoms in total. The van der Waals surface area contributed by atoms with Gasteiger partial charge in [0.2, 0.25) is 5.88 Å². The molecule has 0 amide bonds. The van der Waals surface area contributed by atoms with Gasteiger partial charge in [0, 0.05) is 18.3 Å². The highest BCUT2D eigenvalue weighted by Crippen LogP contribution is 2.29. The Hall–Kier alpha value is -1.46. The number of aliphatic hydroxyl groups is 1. The Morgan fingerprint density at radius 2 is 2.12 bits per heavy atom. The van der Waals surface area contributed by atoms with Crippen LogP contribution in [-0.2, 0) is 6.61 Å². The summed E-state index contributed by atoms with van der Waals surface area (Å²) in [5.41, 5.74) is 0.690. The molecule has 0 radical (unpaired) electrons. The van der Waals surface area contributed by atoms with Gasteiger partial charge in [-0.2, -0.15) is 0 Å². The lowest BCUT2D eigenvalue weighted by Gasteiger charge is -2.07. The van der Waals surface area contributed by atoms with Crippen LogP contribution < -0.4 is 4.74 Å². The predicted octanol–water partition coefficient (Wildman–Crippen LogP) is 3.27. The molecule has 5 heteroatoms. The van der Waals surface area contributed by atoms with Crippen molar-refractivity contribution in [2.75, 3.05) is 0 Å². The molecule has 88 valence electrons. The molecule has 1 aromatic heterocycles. The number of hydrogen-bond donors (Lipinski definition) is 1. The first-order valence-corrected chi connectivity index (χ1v) is 5.67. The van der Waals surface area contributed by atoms with Crippen LogP contribution in [0.2, 0.25) is 0 Å². The van der Waals surface area contributed by atoms with Crippen molar-refractivity contribution < 1.29 is 14.2 Å². The van der Waals surface area contributed by atoms with Crippen molar-refractivity contribution in [3.05, 3.63) is 52.4 Å². The molecule has 0 aliphatic rings. The largest absolute Gasteiger partial charge is 0.438 e. The van der Waals surface area contributed by atoms with Crippen molar-refractivity contribution in [1.29, 1.82) is 0 Å². The third-order valence-electron chi connectivity index (χ3n) is 2.09. The molecule has 0 saturated carbocycles. The second-order valence-corrected chi connectivity index (χ2v) is 4.19. The highest BCUT2D eigenvalue weighted by molar-refractivity contribution is 9.10. The van der Waals surface area contributed by atoms with E-state index in [1.54, 1.807) is 18.2 Å². The number of ether oxygens (including phenoxy) is 1. The first-order chi connectivity index (χ1) is 8.19. The maximum absolute atomic E-state index is 13.0. The summed E-state index contributed by atoms with van der Waals surface area (Å²) in [7, 11) is 0. The normalized spacial score (nSPS) is 10.3. The number of aliphatic hydroxyl groups excluding tert-OH is 1. The highest BCUT2D eigenvalue weighted by Gasteiger charge is 2.05. The monoisotopic (exact) mass is 297 g/mol. The summed E-state index contributed by atoms with van der Waals surface area (Å²) >= 11 is 3.26. The molecule has 2 aromatic rings. The molecule has 1 heterocycles. The average Bonchev–Trinajstić information content (AvgIpc) is 2.35. The maximum Gasteiger partial charge on any atom is 0.219 e. The molecule has 1 N–H and O–H groups in total. The number of benzene rings is 1. The first-order valence-electron chi connectivity index (χ1n) is 4.88. The number of halogens is 2. The van der Waals surface area contributed by atoms with Crippen molar-refractivity contribution >= 4 is 15.9 Å². The fraction of sp³-hybridized carbons (Fsp3) is 0.0833. The van der Waals surface area contributed by atoms with Gasteiger partial charge in [0.1, 0.15) is 11.6 Å². The van der Waals surface area contributed by atoms with Crippen LogP contribution in [0.4, 0.5) is 4.39 Å². The minimum absolute atomic E-state index is 0.0725. The van der Waals surface area contributed by atoms with Gasteiger partial charge < -0.3 is 9.84 Å². The number of rotatable bonds is 3. The molecule has 2 rings (SSSR count). The van der Waals surface area contributed by atoms with Crippen LogP contribution in [0.15, 0.2) is 41.0 Å². The number of hydrogen-bond acceptors (Lipinski definition) is 3. The van der Waals surface area contributed by atoms with Crippen LogP contribution in [-0.4, -0.2) is 10.1 Å². The quantitative estimate of drug-likeness (QED) is 0.945. The van der Waals surface area contributed by atoms with E-state index >= 15 is 0 Å². The molecule has 0 spiro atoms. The van der Waals surface area contributed by atoms with E-state index in [0.717, 1.165) is 0 Å². The summed E-state index contributed by atoms with van der Waals surface area (Å²) in [4.78, 5) is 3.99. The third-order valence-corrected chi connectivity index (χ3v) is 2.74. The second-order valence-electron chi connectivity index (χ2n) is 3.34. The zero-order valence-electron chi connectivity index (χ0n) is 8.73. The van der Waals surface area contributed by atoms with Crippen LogP contribution in [0.25, 0.3) is 0 Å². The molecular formula is C12H9BrFNO2. The maximum atomic E-state index is 13.0. The third kappa shape index (κ3) is 3.01. The molecule has 1 aromatic carbocycles. The van der Waals surface area contributed by atoms with E-state index < -0.39 is 0 Å². The van der Waals surface area contributed by atoms with E-state index in [4.69, 9.17) is 9.84 Å². The van der Waals surface area contributed by atoms with E-state index in [2.05, 4.69) is 20.9 Å². The van der Waals surface area contributed by atoms with Crippen molar-refractivity contribution in [1.82, 2.24) is 4.98 Å². The second kappa shape index (κ2) is 5.25. The van der Waals surface area contributed by atoms with Gasteiger partial charge in [-0.05, 0) is 39.7 Å². The molecule has 0 unspecified atom stereocenters. The zero-order chi connectivity index (χ0) is 12.3. The van der Waals surface area contributed by atoms with Gasteiger partial charge >= 0.3 is 0 Å². The Kier molecular flexibility index (Phi) is 3.71. The van der Waals surface area contributed by atoms with Crippen LogP contribution in [0, 0.1) is 5.82 Å². The predicted molar refractivity (Wildman–Crippen MR) is 64.3 cm³/mol. The molecule has 0 fully saturated rings. The Bertz CT molecular complexity index is 516. The van der Waals surface area contributed by atoms with Gasteiger partial charge in [-0.1, -0.05) is 0 Å². The first kappa shape index (κ1) is 12.0. The van der Waals surface area contributed by atoms with E-state index in [9.17, 15) is 4.39 Å². The summed E-state index contributed by atoms with van der Waals surface area (Å²) in [5.74, 6) is 0.318. The fourth-order valence-corrected chi connectivity index (χ4v) is 1.56. The minimum atomic E-state index is -0.379. The molecule has 0 aliphatic heterocycles. The van der Waals surface area contributed by atoms with Gasteiger partial charge in [0.05, 0.1) is 11.1 Å². The molecular weight excluding hydrogens is 289 g/mol. The summed E-state index contributed by atoms with van der Waals surface area (Å²) in [6.07, 6.45) is 1.50. The van der Waals surface area contributed by atoms with Crippen molar-refractivity contribution in [3.63, 3.8) is 0 Å². The van der Waals surface area contributed by atoms with Crippen molar-refractivity contribution in [2.24, 2.45) is 0 Å². The van der Waals surface area contributed by atoms with Gasteiger partial charge in [-0.15, -0.1) is 0 Å². The summed E-state index contributed by atoms with van der Waals surface area (Å²) in [5, 5.41) is 8.86. The number of aromatic nitrogens is 1. The van der Waals surface area contributed by atoms with Crippen LogP contribution in [0.3, 0.4) is 0 Å². The van der Waals surface area contributed by atoms with Crippen LogP contribution >= 0.6 is 15.9 Å². The lowest BCUT2D eigenvalue weighted by atomic mass is 10.3. The molecule has 0 saturated heterocycles. The Morgan fingerprint density at radius 1 is 1.29 bits per heavy atom. The van der Waals surface area contributed by atoms with E-state index in [1.165, 1.54) is 18.3 Å². The Labute approximate surface area is 106 Å². The van der Waals surface area contributed by atoms with Crippen molar-refractivity contribution in [2.45, 2.75) is 6.61 Å². The average molecular weight is 298 g/mol. The SMILES string of the molecule is OCc1ccc(Oc2cc(F)ccc2Br)nc1. The fourth-order valence-electron chi connectivity index (χ4n) is 1.23. The topological polar surface area (TPSA) is 42.4 Å². The molecule has 0 bridgehead atoms. The van der Waals surface area contributed by atoms with E-state index in [1.807, 2.05) is 0 Å². The Morgan fingerprint density at radius 3 is 2.76 bits per heavy atom. The minimum Gasteiger partial charge on any atom is -0.438 e. The van der Waals surface area contributed by atoms with Gasteiger partial charge in [0.25, 0.3) is 0 Å². The molecule has 0 atom stereocenters. The standard InChI is InChI=1S/C12H9BrFNO2/c13-10-3-2-9(14)5-11(10)17-12-4-1-8(7-16)6-15-12/h1-6,16H,7H2. The van der Waals surface area contributed by atoms with Crippen LogP contribution in [0.1, 0.15) is 5.56 Å². The van der Waals surface area contributed by atoms with Gasteiger partial charge in [0.15, 0.2) is 0 Å².